The van der Waals surface area contributed by atoms with Crippen molar-refractivity contribution in [2.24, 2.45) is 0 Å². The van der Waals surface area contributed by atoms with E-state index in [0.29, 0.717) is 34.4 Å². The van der Waals surface area contributed by atoms with Gasteiger partial charge in [-0.3, -0.25) is 9.59 Å². The minimum absolute atomic E-state index is 0.119. The van der Waals surface area contributed by atoms with E-state index in [1.165, 1.54) is 4.90 Å². The van der Waals surface area contributed by atoms with Crippen LogP contribution in [0.3, 0.4) is 0 Å². The number of rotatable bonds is 3. The van der Waals surface area contributed by atoms with Crippen molar-refractivity contribution in [3.05, 3.63) is 64.1 Å². The van der Waals surface area contributed by atoms with Gasteiger partial charge in [-0.2, -0.15) is 0 Å². The Balaban J connectivity index is 1.73. The molecule has 25 heavy (non-hydrogen) atoms. The number of piperazine rings is 1. The molecule has 1 fully saturated rings. The smallest absolute Gasteiger partial charge is 0.256 e. The predicted octanol–water partition coefficient (Wildman–Crippen LogP) is 2.90. The minimum atomic E-state index is -1.40. The summed E-state index contributed by atoms with van der Waals surface area (Å²) in [6.45, 7) is 0.492. The highest BCUT2D eigenvalue weighted by Gasteiger charge is 2.32. The van der Waals surface area contributed by atoms with Crippen LogP contribution in [0.25, 0.3) is 0 Å². The maximum Gasteiger partial charge on any atom is 0.256 e. The van der Waals surface area contributed by atoms with Crippen molar-refractivity contribution in [1.29, 1.82) is 0 Å². The second-order valence-electron chi connectivity index (χ2n) is 5.68. The van der Waals surface area contributed by atoms with Gasteiger partial charge in [-0.1, -0.05) is 53.5 Å². The summed E-state index contributed by atoms with van der Waals surface area (Å²) in [5.74, 6) is -0.792. The fourth-order valence-corrected chi connectivity index (χ4v) is 3.27. The molecule has 130 valence electrons. The van der Waals surface area contributed by atoms with Crippen LogP contribution < -0.4 is 4.90 Å². The van der Waals surface area contributed by atoms with E-state index < -0.39 is 12.0 Å². The summed E-state index contributed by atoms with van der Waals surface area (Å²) in [5.41, 5.74) is 0.947. The average molecular weight is 379 g/mol. The van der Waals surface area contributed by atoms with E-state index in [1.54, 1.807) is 53.4 Å². The Morgan fingerprint density at radius 3 is 2.28 bits per heavy atom. The monoisotopic (exact) mass is 378 g/mol. The van der Waals surface area contributed by atoms with Gasteiger partial charge in [0.2, 0.25) is 5.91 Å². The number of nitrogens with zero attached hydrogens (tertiary/aromatic N) is 2. The van der Waals surface area contributed by atoms with Crippen molar-refractivity contribution < 1.29 is 14.7 Å². The second-order valence-corrected chi connectivity index (χ2v) is 6.50. The van der Waals surface area contributed by atoms with Gasteiger partial charge in [-0.05, 0) is 18.2 Å². The fourth-order valence-electron chi connectivity index (χ4n) is 2.79. The van der Waals surface area contributed by atoms with Gasteiger partial charge in [-0.25, -0.2) is 0 Å². The van der Waals surface area contributed by atoms with Crippen molar-refractivity contribution in [2.45, 2.75) is 6.10 Å². The van der Waals surface area contributed by atoms with Gasteiger partial charge >= 0.3 is 0 Å². The van der Waals surface area contributed by atoms with Gasteiger partial charge in [0.05, 0.1) is 10.7 Å². The van der Waals surface area contributed by atoms with E-state index in [1.807, 2.05) is 0 Å². The van der Waals surface area contributed by atoms with Gasteiger partial charge in [0, 0.05) is 23.7 Å². The van der Waals surface area contributed by atoms with Crippen LogP contribution in [0.4, 0.5) is 5.69 Å². The number of carbonyl (C=O) groups excluding carboxylic acids is 2. The number of para-hydroxylation sites is 1. The molecule has 0 aliphatic carbocycles. The standard InChI is InChI=1S/C18H16Cl2N2O3/c19-13-6-2-1-5-12(13)17(24)18(25)21-9-10-22(16(23)11-21)15-8-4-3-7-14(15)20/h1-8,17,24H,9-11H2. The molecule has 1 unspecified atom stereocenters. The molecule has 2 aromatic rings. The van der Waals surface area contributed by atoms with Crippen LogP contribution in [0.15, 0.2) is 48.5 Å². The molecule has 3 rings (SSSR count). The van der Waals surface area contributed by atoms with Crippen molar-refractivity contribution in [2.75, 3.05) is 24.5 Å². The first-order chi connectivity index (χ1) is 12.0. The summed E-state index contributed by atoms with van der Waals surface area (Å²) in [6, 6.07) is 13.7. The number of hydrogen-bond donors (Lipinski definition) is 1. The topological polar surface area (TPSA) is 60.9 Å². The molecule has 5 nitrogen and oxygen atoms in total. The summed E-state index contributed by atoms with van der Waals surface area (Å²) >= 11 is 12.2. The summed E-state index contributed by atoms with van der Waals surface area (Å²) < 4.78 is 0. The highest BCUT2D eigenvalue weighted by Crippen LogP contribution is 2.28. The maximum atomic E-state index is 12.5. The van der Waals surface area contributed by atoms with E-state index in [2.05, 4.69) is 0 Å². The van der Waals surface area contributed by atoms with Gasteiger partial charge in [0.1, 0.15) is 6.54 Å². The Morgan fingerprint density at radius 1 is 1.00 bits per heavy atom. The van der Waals surface area contributed by atoms with Crippen molar-refractivity contribution >= 4 is 40.7 Å². The zero-order valence-electron chi connectivity index (χ0n) is 13.2. The van der Waals surface area contributed by atoms with Gasteiger partial charge in [0.15, 0.2) is 6.10 Å². The van der Waals surface area contributed by atoms with E-state index in [4.69, 9.17) is 23.2 Å². The Kier molecular flexibility index (Phi) is 5.27. The number of carbonyl (C=O) groups is 2. The first-order valence-electron chi connectivity index (χ1n) is 7.75. The van der Waals surface area contributed by atoms with Crippen LogP contribution >= 0.6 is 23.2 Å². The normalized spacial score (nSPS) is 16.0. The lowest BCUT2D eigenvalue weighted by molar-refractivity contribution is -0.144. The lowest BCUT2D eigenvalue weighted by atomic mass is 10.1. The quantitative estimate of drug-likeness (QED) is 0.892. The molecular weight excluding hydrogens is 363 g/mol. The second kappa shape index (κ2) is 7.44. The molecule has 2 aromatic carbocycles. The highest BCUT2D eigenvalue weighted by atomic mass is 35.5. The number of halogens is 2. The van der Waals surface area contributed by atoms with Gasteiger partial charge < -0.3 is 14.9 Å². The zero-order chi connectivity index (χ0) is 18.0. The van der Waals surface area contributed by atoms with Gasteiger partial charge in [0.25, 0.3) is 5.91 Å². The largest absolute Gasteiger partial charge is 0.378 e. The molecule has 0 saturated carbocycles. The summed E-state index contributed by atoms with van der Waals surface area (Å²) in [5, 5.41) is 11.1. The van der Waals surface area contributed by atoms with Crippen molar-refractivity contribution in [1.82, 2.24) is 4.90 Å². The fraction of sp³-hybridized carbons (Fsp3) is 0.222. The lowest BCUT2D eigenvalue weighted by Gasteiger charge is -2.35. The van der Waals surface area contributed by atoms with Crippen molar-refractivity contribution in [3.8, 4) is 0 Å². The molecule has 1 N–H and O–H groups in total. The number of anilines is 1. The predicted molar refractivity (Wildman–Crippen MR) is 96.8 cm³/mol. The highest BCUT2D eigenvalue weighted by molar-refractivity contribution is 6.34. The first-order valence-corrected chi connectivity index (χ1v) is 8.51. The number of amides is 2. The number of benzene rings is 2. The Morgan fingerprint density at radius 2 is 1.64 bits per heavy atom. The molecule has 1 heterocycles. The third-order valence-electron chi connectivity index (χ3n) is 4.11. The Labute approximate surface area is 155 Å². The third-order valence-corrected chi connectivity index (χ3v) is 4.77. The molecule has 2 amide bonds. The van der Waals surface area contributed by atoms with Gasteiger partial charge in [-0.15, -0.1) is 0 Å². The van der Waals surface area contributed by atoms with Crippen LogP contribution in [-0.2, 0) is 9.59 Å². The Hall–Kier alpha value is -2.08. The number of hydrogen-bond acceptors (Lipinski definition) is 3. The lowest BCUT2D eigenvalue weighted by Crippen LogP contribution is -2.53. The molecule has 7 heteroatoms. The molecule has 0 spiro atoms. The molecule has 1 atom stereocenters. The van der Waals surface area contributed by atoms with Crippen LogP contribution in [0.5, 0.6) is 0 Å². The summed E-state index contributed by atoms with van der Waals surface area (Å²) in [6.07, 6.45) is -1.40. The first kappa shape index (κ1) is 17.7. The molecule has 1 aliphatic heterocycles. The van der Waals surface area contributed by atoms with Crippen LogP contribution in [0, 0.1) is 0 Å². The number of aliphatic hydroxyl groups excluding tert-OH is 1. The molecule has 1 saturated heterocycles. The molecule has 0 radical (unpaired) electrons. The SMILES string of the molecule is O=C(C(O)c1ccccc1Cl)N1CCN(c2ccccc2Cl)C(=O)C1. The molecular formula is C18H16Cl2N2O3. The Bertz CT molecular complexity index is 812. The van der Waals surface area contributed by atoms with Crippen molar-refractivity contribution in [3.63, 3.8) is 0 Å². The van der Waals surface area contributed by atoms with E-state index in [9.17, 15) is 14.7 Å². The van der Waals surface area contributed by atoms with Crippen LogP contribution in [0.1, 0.15) is 11.7 Å². The molecule has 0 bridgehead atoms. The average Bonchev–Trinajstić information content (AvgIpc) is 2.61. The summed E-state index contributed by atoms with van der Waals surface area (Å²) in [4.78, 5) is 27.9. The molecule has 1 aliphatic rings. The van der Waals surface area contributed by atoms with E-state index >= 15 is 0 Å². The van der Waals surface area contributed by atoms with E-state index in [-0.39, 0.29) is 12.5 Å². The minimum Gasteiger partial charge on any atom is -0.378 e. The van der Waals surface area contributed by atoms with Crippen LogP contribution in [0.2, 0.25) is 10.0 Å². The van der Waals surface area contributed by atoms with Crippen LogP contribution in [-0.4, -0.2) is 41.5 Å². The maximum absolute atomic E-state index is 12.5. The molecule has 0 aromatic heterocycles. The summed E-state index contributed by atoms with van der Waals surface area (Å²) in [7, 11) is 0. The third kappa shape index (κ3) is 3.63. The van der Waals surface area contributed by atoms with E-state index in [0.717, 1.165) is 0 Å². The zero-order valence-corrected chi connectivity index (χ0v) is 14.7. The number of aliphatic hydroxyl groups is 1.